The van der Waals surface area contributed by atoms with E-state index in [1.54, 1.807) is 27.7 Å². The lowest BCUT2D eigenvalue weighted by Gasteiger charge is -2.36. The summed E-state index contributed by atoms with van der Waals surface area (Å²) in [6, 6.07) is 30.4. The van der Waals surface area contributed by atoms with Crippen molar-refractivity contribution in [2.24, 2.45) is 0 Å². The molecule has 5 aromatic carbocycles. The van der Waals surface area contributed by atoms with Crippen LogP contribution in [0.25, 0.3) is 43.1 Å². The molecule has 0 saturated heterocycles. The molecular weight excluding hydrogens is 581 g/mol. The zero-order chi connectivity index (χ0) is 31.8. The summed E-state index contributed by atoms with van der Waals surface area (Å²) in [5.74, 6) is -11.2. The van der Waals surface area contributed by atoms with Crippen molar-refractivity contribution in [2.45, 2.75) is 69.3 Å². The predicted molar refractivity (Wildman–Crippen MR) is 167 cm³/mol. The molecule has 0 saturated carbocycles. The fraction of sp³-hybridized carbons (Fsp3) is 0.314. The van der Waals surface area contributed by atoms with E-state index in [4.69, 9.17) is 6.42 Å². The quantitative estimate of drug-likeness (QED) is 0.0773. The average molecular weight is 615 g/mol. The Morgan fingerprint density at radius 2 is 0.884 bits per heavy atom. The molecule has 0 fully saturated rings. The van der Waals surface area contributed by atoms with Crippen molar-refractivity contribution >= 4 is 51.2 Å². The van der Waals surface area contributed by atoms with E-state index in [9.17, 15) is 30.7 Å². The highest BCUT2D eigenvalue weighted by Crippen LogP contribution is 2.50. The van der Waals surface area contributed by atoms with Crippen LogP contribution >= 0.6 is 0 Å². The number of benzene rings is 5. The van der Waals surface area contributed by atoms with Crippen LogP contribution in [0.3, 0.4) is 0 Å². The minimum atomic E-state index is -6.29. The summed E-state index contributed by atoms with van der Waals surface area (Å²) < 4.78 is 88.8. The molecule has 0 aromatic heterocycles. The summed E-state index contributed by atoms with van der Waals surface area (Å²) in [5, 5.41) is 10.4. The van der Waals surface area contributed by atoms with Gasteiger partial charge in [0.25, 0.3) is 0 Å². The molecular formula is C35H33F7Si. The Bertz CT molecular complexity index is 1600. The molecule has 0 spiro atoms. The van der Waals surface area contributed by atoms with Gasteiger partial charge in [-0.2, -0.15) is 30.7 Å². The van der Waals surface area contributed by atoms with E-state index < -0.39 is 38.6 Å². The van der Waals surface area contributed by atoms with E-state index in [1.807, 2.05) is 0 Å². The Labute approximate surface area is 247 Å². The second kappa shape index (κ2) is 11.8. The first-order chi connectivity index (χ1) is 20.0. The second-order valence-electron chi connectivity index (χ2n) is 11.7. The topological polar surface area (TPSA) is 0 Å². The molecule has 0 radical (unpaired) electrons. The second-order valence-corrected chi connectivity index (χ2v) is 16.9. The number of hydrogen-bond donors (Lipinski definition) is 0. The largest absolute Gasteiger partial charge is 0.459 e. The first kappa shape index (κ1) is 32.3. The number of terminal acetylenes is 1. The summed E-state index contributed by atoms with van der Waals surface area (Å²) in [4.78, 5) is 0. The van der Waals surface area contributed by atoms with Crippen molar-refractivity contribution in [2.75, 3.05) is 0 Å². The molecule has 0 aliphatic rings. The summed E-state index contributed by atoms with van der Waals surface area (Å²) in [7, 11) is -2.82. The molecule has 0 heterocycles. The Morgan fingerprint density at radius 3 is 1.14 bits per heavy atom. The Balaban J connectivity index is 0.000000198. The maximum atomic E-state index is 13.4. The third-order valence-corrected chi connectivity index (χ3v) is 14.3. The molecule has 5 rings (SSSR count). The molecule has 0 N–H and O–H groups in total. The molecule has 0 aliphatic heterocycles. The predicted octanol–water partition coefficient (Wildman–Crippen LogP) is 11.9. The van der Waals surface area contributed by atoms with E-state index in [2.05, 4.69) is 90.5 Å². The van der Waals surface area contributed by atoms with Gasteiger partial charge in [-0.15, -0.1) is 12.0 Å². The van der Waals surface area contributed by atoms with Crippen LogP contribution < -0.4 is 0 Å². The molecule has 43 heavy (non-hydrogen) atoms. The van der Waals surface area contributed by atoms with Gasteiger partial charge in [-0.3, -0.25) is 0 Å². The Hall–Kier alpha value is -3.57. The fourth-order valence-corrected chi connectivity index (χ4v) is 9.79. The van der Waals surface area contributed by atoms with E-state index in [1.165, 1.54) is 43.1 Å². The number of hydrogen-bond acceptors (Lipinski definition) is 0. The number of halogens is 7. The molecule has 8 heteroatoms. The van der Waals surface area contributed by atoms with Crippen LogP contribution in [-0.2, 0) is 0 Å². The van der Waals surface area contributed by atoms with Crippen LogP contribution in [-0.4, -0.2) is 26.1 Å². The highest BCUT2D eigenvalue weighted by molar-refractivity contribution is 6.89. The first-order valence-corrected chi connectivity index (χ1v) is 16.4. The van der Waals surface area contributed by atoms with Gasteiger partial charge in [0, 0.05) is 6.42 Å². The van der Waals surface area contributed by atoms with Crippen LogP contribution in [0, 0.1) is 12.0 Å². The van der Waals surface area contributed by atoms with Gasteiger partial charge in [0.05, 0.1) is 0 Å². The van der Waals surface area contributed by atoms with Crippen LogP contribution in [0.15, 0.2) is 84.9 Å². The van der Waals surface area contributed by atoms with Crippen LogP contribution in [0.4, 0.5) is 30.7 Å². The highest BCUT2D eigenvalue weighted by Gasteiger charge is 2.72. The third-order valence-electron chi connectivity index (χ3n) is 8.52. The zero-order valence-electron chi connectivity index (χ0n) is 24.4. The average Bonchev–Trinajstić information content (AvgIpc) is 2.93. The van der Waals surface area contributed by atoms with Crippen LogP contribution in [0.5, 0.6) is 0 Å². The van der Waals surface area contributed by atoms with E-state index in [0.717, 1.165) is 0 Å². The normalized spacial score (nSPS) is 13.1. The van der Waals surface area contributed by atoms with Gasteiger partial charge < -0.3 is 0 Å². The molecule has 5 aromatic rings. The lowest BCUT2D eigenvalue weighted by molar-refractivity contribution is -0.354. The van der Waals surface area contributed by atoms with E-state index in [0.29, 0.717) is 0 Å². The molecule has 0 nitrogen and oxygen atoms in total. The summed E-state index contributed by atoms with van der Waals surface area (Å²) >= 11 is 0. The van der Waals surface area contributed by atoms with Gasteiger partial charge >= 0.3 is 18.0 Å². The maximum absolute atomic E-state index is 13.4. The molecule has 0 atom stereocenters. The molecule has 0 unspecified atom stereocenters. The van der Waals surface area contributed by atoms with Gasteiger partial charge in [-0.1, -0.05) is 76.2 Å². The first-order valence-electron chi connectivity index (χ1n) is 14.1. The SMILES string of the molecule is C#C[Si](CCC(F)(F)C(F)(F)C(F)(F)F)(C(C)C)C(C)C.c1ccc2cc3cc4cc5ccccc5cc4cc3cc2c1. The van der Waals surface area contributed by atoms with Crippen molar-refractivity contribution in [3.05, 3.63) is 84.9 Å². The highest BCUT2D eigenvalue weighted by atomic mass is 28.3. The van der Waals surface area contributed by atoms with Crippen LogP contribution in [0.2, 0.25) is 17.1 Å². The summed E-state index contributed by atoms with van der Waals surface area (Å²) in [6.07, 6.45) is -2.46. The van der Waals surface area contributed by atoms with Gasteiger partial charge in [-0.05, 0) is 96.6 Å². The minimum absolute atomic E-state index is 0.196. The summed E-state index contributed by atoms with van der Waals surface area (Å²) in [6.45, 7) is 6.75. The van der Waals surface area contributed by atoms with Crippen molar-refractivity contribution in [1.29, 1.82) is 0 Å². The fourth-order valence-electron chi connectivity index (χ4n) is 5.76. The minimum Gasteiger partial charge on any atom is -0.200 e. The maximum Gasteiger partial charge on any atom is 0.459 e. The number of alkyl halides is 7. The molecule has 0 bridgehead atoms. The number of rotatable bonds is 6. The standard InChI is InChI=1S/C22H14.C13H19F7Si/c1-2-6-16-10-20-14-22-12-18-8-4-3-7-17(18)11-21(22)13-19(20)9-15(16)5-1;1-6-21(9(2)3,10(4)5)8-7-11(14,15)12(16,17)13(18,19)20/h1-14H;1,9-10H,7-8H2,2-5H3. The van der Waals surface area contributed by atoms with Crippen LogP contribution in [0.1, 0.15) is 34.1 Å². The summed E-state index contributed by atoms with van der Waals surface area (Å²) in [5.41, 5.74) is 2.06. The van der Waals surface area contributed by atoms with Gasteiger partial charge in [-0.25, -0.2) is 0 Å². The van der Waals surface area contributed by atoms with Crippen molar-refractivity contribution in [3.63, 3.8) is 0 Å². The van der Waals surface area contributed by atoms with E-state index in [-0.39, 0.29) is 11.1 Å². The monoisotopic (exact) mass is 614 g/mol. The van der Waals surface area contributed by atoms with Crippen molar-refractivity contribution in [3.8, 4) is 12.0 Å². The van der Waals surface area contributed by atoms with Gasteiger partial charge in [0.15, 0.2) is 0 Å². The lowest BCUT2D eigenvalue weighted by atomic mass is 9.97. The van der Waals surface area contributed by atoms with Crippen molar-refractivity contribution in [1.82, 2.24) is 0 Å². The van der Waals surface area contributed by atoms with Gasteiger partial charge in [0.1, 0.15) is 8.07 Å². The van der Waals surface area contributed by atoms with Gasteiger partial charge in [0.2, 0.25) is 0 Å². The van der Waals surface area contributed by atoms with E-state index >= 15 is 0 Å². The zero-order valence-corrected chi connectivity index (χ0v) is 25.4. The Morgan fingerprint density at radius 1 is 0.581 bits per heavy atom. The number of fused-ring (bicyclic) bond motifs is 4. The molecule has 226 valence electrons. The lowest BCUT2D eigenvalue weighted by Crippen LogP contribution is -2.53. The molecule has 0 amide bonds. The molecule has 0 aliphatic carbocycles. The Kier molecular flexibility index (Phi) is 8.91. The smallest absolute Gasteiger partial charge is 0.200 e. The third kappa shape index (κ3) is 6.24. The van der Waals surface area contributed by atoms with Crippen molar-refractivity contribution < 1.29 is 30.7 Å².